The van der Waals surface area contributed by atoms with E-state index in [4.69, 9.17) is 0 Å². The molecule has 3 amide bonds. The Balaban J connectivity index is 1.44. The Morgan fingerprint density at radius 1 is 1.13 bits per heavy atom. The van der Waals surface area contributed by atoms with Crippen LogP contribution in [0.15, 0.2) is 18.5 Å². The number of nitrogens with one attached hydrogen (secondary N) is 1. The molecule has 6 heteroatoms. The number of urea groups is 1. The second-order valence-corrected chi connectivity index (χ2v) is 6.66. The lowest BCUT2D eigenvalue weighted by Crippen LogP contribution is -2.54. The van der Waals surface area contributed by atoms with Crippen LogP contribution in [0.5, 0.6) is 0 Å². The Kier molecular flexibility index (Phi) is 4.88. The summed E-state index contributed by atoms with van der Waals surface area (Å²) < 4.78 is 1.95. The third-order valence-electron chi connectivity index (χ3n) is 4.85. The SMILES string of the molecule is Cn1ccc(CC(=O)N2CCN(C(=O)NC3CCCC3)CC2)c1. The van der Waals surface area contributed by atoms with Crippen LogP contribution < -0.4 is 5.32 Å². The van der Waals surface area contributed by atoms with Gasteiger partial charge in [0.15, 0.2) is 0 Å². The number of hydrogen-bond donors (Lipinski definition) is 1. The van der Waals surface area contributed by atoms with Gasteiger partial charge >= 0.3 is 6.03 Å². The minimum absolute atomic E-state index is 0.0343. The molecule has 2 heterocycles. The predicted octanol–water partition coefficient (Wildman–Crippen LogP) is 1.36. The maximum Gasteiger partial charge on any atom is 0.317 e. The first-order valence-corrected chi connectivity index (χ1v) is 8.56. The van der Waals surface area contributed by atoms with Gasteiger partial charge in [0, 0.05) is 51.7 Å². The van der Waals surface area contributed by atoms with E-state index in [0.717, 1.165) is 18.4 Å². The Labute approximate surface area is 137 Å². The van der Waals surface area contributed by atoms with E-state index in [1.165, 1.54) is 12.8 Å². The number of hydrogen-bond acceptors (Lipinski definition) is 2. The van der Waals surface area contributed by atoms with Crippen molar-refractivity contribution in [2.24, 2.45) is 7.05 Å². The molecule has 0 aromatic carbocycles. The molecule has 126 valence electrons. The highest BCUT2D eigenvalue weighted by atomic mass is 16.2. The zero-order valence-electron chi connectivity index (χ0n) is 13.8. The first-order valence-electron chi connectivity index (χ1n) is 8.56. The highest BCUT2D eigenvalue weighted by Gasteiger charge is 2.26. The molecule has 1 aromatic rings. The van der Waals surface area contributed by atoms with E-state index in [9.17, 15) is 9.59 Å². The van der Waals surface area contributed by atoms with E-state index in [1.807, 2.05) is 39.9 Å². The monoisotopic (exact) mass is 318 g/mol. The smallest absolute Gasteiger partial charge is 0.317 e. The predicted molar refractivity (Wildman–Crippen MR) is 88.1 cm³/mol. The molecule has 3 rings (SSSR count). The van der Waals surface area contributed by atoms with Gasteiger partial charge in [0.25, 0.3) is 0 Å². The molecule has 1 saturated carbocycles. The molecule has 1 aliphatic heterocycles. The van der Waals surface area contributed by atoms with Crippen molar-refractivity contribution in [2.45, 2.75) is 38.1 Å². The molecule has 0 atom stereocenters. The van der Waals surface area contributed by atoms with Gasteiger partial charge in [-0.2, -0.15) is 0 Å². The van der Waals surface area contributed by atoms with Gasteiger partial charge < -0.3 is 19.7 Å². The van der Waals surface area contributed by atoms with Crippen molar-refractivity contribution in [2.75, 3.05) is 26.2 Å². The molecule has 23 heavy (non-hydrogen) atoms. The van der Waals surface area contributed by atoms with Crippen LogP contribution in [0.2, 0.25) is 0 Å². The van der Waals surface area contributed by atoms with Crippen LogP contribution in [-0.4, -0.2) is 58.5 Å². The summed E-state index contributed by atoms with van der Waals surface area (Å²) in [7, 11) is 1.95. The fraction of sp³-hybridized carbons (Fsp3) is 0.647. The highest BCUT2D eigenvalue weighted by Crippen LogP contribution is 2.18. The van der Waals surface area contributed by atoms with Gasteiger partial charge in [0.1, 0.15) is 0 Å². The van der Waals surface area contributed by atoms with Gasteiger partial charge in [0.2, 0.25) is 5.91 Å². The van der Waals surface area contributed by atoms with Crippen LogP contribution in [0.1, 0.15) is 31.2 Å². The van der Waals surface area contributed by atoms with Crippen LogP contribution >= 0.6 is 0 Å². The Hall–Kier alpha value is -1.98. The third-order valence-corrected chi connectivity index (χ3v) is 4.85. The van der Waals surface area contributed by atoms with Crippen molar-refractivity contribution >= 4 is 11.9 Å². The summed E-state index contributed by atoms with van der Waals surface area (Å²) in [5, 5.41) is 3.12. The number of piperazine rings is 1. The number of aryl methyl sites for hydroxylation is 1. The molecule has 1 saturated heterocycles. The van der Waals surface area contributed by atoms with E-state index in [0.29, 0.717) is 38.6 Å². The second kappa shape index (κ2) is 7.06. The van der Waals surface area contributed by atoms with E-state index >= 15 is 0 Å². The minimum Gasteiger partial charge on any atom is -0.357 e. The van der Waals surface area contributed by atoms with Crippen molar-refractivity contribution in [1.82, 2.24) is 19.7 Å². The van der Waals surface area contributed by atoms with E-state index in [-0.39, 0.29) is 11.9 Å². The van der Waals surface area contributed by atoms with Crippen LogP contribution in [0.4, 0.5) is 4.79 Å². The van der Waals surface area contributed by atoms with Crippen molar-refractivity contribution in [3.8, 4) is 0 Å². The fourth-order valence-electron chi connectivity index (χ4n) is 3.45. The zero-order chi connectivity index (χ0) is 16.2. The van der Waals surface area contributed by atoms with Gasteiger partial charge in [-0.05, 0) is 24.5 Å². The Bertz CT molecular complexity index is 555. The summed E-state index contributed by atoms with van der Waals surface area (Å²) in [6.07, 6.45) is 8.99. The molecule has 0 spiro atoms. The molecular formula is C17H26N4O2. The standard InChI is InChI=1S/C17H26N4O2/c1-19-7-6-14(13-19)12-16(22)20-8-10-21(11-9-20)17(23)18-15-4-2-3-5-15/h6-7,13,15H,2-5,8-12H2,1H3,(H,18,23). The molecular weight excluding hydrogens is 292 g/mol. The Morgan fingerprint density at radius 2 is 1.78 bits per heavy atom. The van der Waals surface area contributed by atoms with E-state index in [2.05, 4.69) is 5.32 Å². The molecule has 0 bridgehead atoms. The maximum absolute atomic E-state index is 12.3. The number of carbonyl (C=O) groups is 2. The van der Waals surface area contributed by atoms with E-state index in [1.54, 1.807) is 0 Å². The summed E-state index contributed by atoms with van der Waals surface area (Å²) in [5.41, 5.74) is 1.04. The summed E-state index contributed by atoms with van der Waals surface area (Å²) >= 11 is 0. The third kappa shape index (κ3) is 4.06. The van der Waals surface area contributed by atoms with Crippen molar-refractivity contribution in [1.29, 1.82) is 0 Å². The zero-order valence-corrected chi connectivity index (χ0v) is 13.8. The van der Waals surface area contributed by atoms with Gasteiger partial charge in [0.05, 0.1) is 6.42 Å². The maximum atomic E-state index is 12.3. The number of rotatable bonds is 3. The van der Waals surface area contributed by atoms with E-state index < -0.39 is 0 Å². The first-order chi connectivity index (χ1) is 11.1. The molecule has 1 aliphatic carbocycles. The highest BCUT2D eigenvalue weighted by molar-refractivity contribution is 5.79. The number of aromatic nitrogens is 1. The summed E-state index contributed by atoms with van der Waals surface area (Å²) in [6, 6.07) is 2.36. The van der Waals surface area contributed by atoms with Gasteiger partial charge in [-0.15, -0.1) is 0 Å². The van der Waals surface area contributed by atoms with Gasteiger partial charge in [-0.3, -0.25) is 4.79 Å². The molecule has 0 radical (unpaired) electrons. The minimum atomic E-state index is 0.0343. The normalized spacial score (nSPS) is 19.2. The van der Waals surface area contributed by atoms with Crippen LogP contribution in [0, 0.1) is 0 Å². The quantitative estimate of drug-likeness (QED) is 0.915. The topological polar surface area (TPSA) is 57.6 Å². The number of carbonyl (C=O) groups excluding carboxylic acids is 2. The first kappa shape index (κ1) is 15.9. The lowest BCUT2D eigenvalue weighted by atomic mass is 10.2. The number of nitrogens with zero attached hydrogens (tertiary/aromatic N) is 3. The average Bonchev–Trinajstić information content (AvgIpc) is 3.19. The van der Waals surface area contributed by atoms with Crippen molar-refractivity contribution in [3.63, 3.8) is 0 Å². The van der Waals surface area contributed by atoms with Crippen LogP contribution in [-0.2, 0) is 18.3 Å². The second-order valence-electron chi connectivity index (χ2n) is 6.66. The summed E-state index contributed by atoms with van der Waals surface area (Å²) in [4.78, 5) is 28.3. The van der Waals surface area contributed by atoms with Crippen LogP contribution in [0.25, 0.3) is 0 Å². The molecule has 1 aromatic heterocycles. The fourth-order valence-corrected chi connectivity index (χ4v) is 3.45. The van der Waals surface area contributed by atoms with Gasteiger partial charge in [-0.1, -0.05) is 12.8 Å². The van der Waals surface area contributed by atoms with Crippen LogP contribution in [0.3, 0.4) is 0 Å². The average molecular weight is 318 g/mol. The lowest BCUT2D eigenvalue weighted by Gasteiger charge is -2.35. The number of amides is 3. The van der Waals surface area contributed by atoms with Crippen molar-refractivity contribution < 1.29 is 9.59 Å². The molecule has 2 fully saturated rings. The summed E-state index contributed by atoms with van der Waals surface area (Å²) in [6.45, 7) is 2.51. The largest absolute Gasteiger partial charge is 0.357 e. The van der Waals surface area contributed by atoms with Crippen molar-refractivity contribution in [3.05, 3.63) is 24.0 Å². The molecule has 6 nitrogen and oxygen atoms in total. The molecule has 0 unspecified atom stereocenters. The Morgan fingerprint density at radius 3 is 2.39 bits per heavy atom. The molecule has 1 N–H and O–H groups in total. The van der Waals surface area contributed by atoms with Gasteiger partial charge in [-0.25, -0.2) is 4.79 Å². The molecule has 2 aliphatic rings. The summed E-state index contributed by atoms with van der Waals surface area (Å²) in [5.74, 6) is 0.145. The lowest BCUT2D eigenvalue weighted by molar-refractivity contribution is -0.131.